The normalized spacial score (nSPS) is 14.1. The summed E-state index contributed by atoms with van der Waals surface area (Å²) < 4.78 is 93.5. The Labute approximate surface area is 233 Å². The Bertz CT molecular complexity index is 1690. The van der Waals surface area contributed by atoms with Crippen LogP contribution in [0.4, 0.5) is 37.8 Å². The first-order valence-electron chi connectivity index (χ1n) is 12.2. The molecule has 0 unspecified atom stereocenters. The lowest BCUT2D eigenvalue weighted by Crippen LogP contribution is -2.56. The summed E-state index contributed by atoms with van der Waals surface area (Å²) in [5, 5.41) is 2.35. The maximum Gasteiger partial charge on any atom is 0.387 e. The quantitative estimate of drug-likeness (QED) is 0.295. The van der Waals surface area contributed by atoms with Crippen LogP contribution in [-0.2, 0) is 7.05 Å². The predicted molar refractivity (Wildman–Crippen MR) is 139 cm³/mol. The summed E-state index contributed by atoms with van der Waals surface area (Å²) in [6.45, 7) is -4.25. The molecule has 4 aromatic rings. The maximum absolute atomic E-state index is 15.3. The number of carbonyl (C=O) groups is 1. The molecule has 1 N–H and O–H groups in total. The number of pyridine rings is 1. The number of nitrogens with zero attached hydrogens (tertiary/aromatic N) is 4. The monoisotopic (exact) mass is 593 g/mol. The number of hydrogen-bond acceptors (Lipinski definition) is 6. The maximum atomic E-state index is 15.3. The van der Waals surface area contributed by atoms with Crippen molar-refractivity contribution in [3.05, 3.63) is 82.1 Å². The lowest BCUT2D eigenvalue weighted by atomic mass is 10.1. The summed E-state index contributed by atoms with van der Waals surface area (Å²) in [5.74, 6) is -6.36. The van der Waals surface area contributed by atoms with Gasteiger partial charge in [0.1, 0.15) is 40.3 Å². The Kier molecular flexibility index (Phi) is 7.34. The molecule has 0 radical (unpaired) electrons. The number of aromatic nitrogens is 3. The molecule has 0 atom stereocenters. The number of alkyl halides is 4. The van der Waals surface area contributed by atoms with E-state index in [1.807, 2.05) is 0 Å². The van der Waals surface area contributed by atoms with Gasteiger partial charge in [-0.3, -0.25) is 14.3 Å². The third kappa shape index (κ3) is 5.36. The molecule has 0 spiro atoms. The first kappa shape index (κ1) is 28.6. The van der Waals surface area contributed by atoms with E-state index in [0.717, 1.165) is 45.8 Å². The van der Waals surface area contributed by atoms with Crippen LogP contribution in [0, 0.1) is 11.6 Å². The van der Waals surface area contributed by atoms with Gasteiger partial charge in [-0.25, -0.2) is 22.5 Å². The number of rotatable bonds is 8. The highest BCUT2D eigenvalue weighted by molar-refractivity contribution is 6.06. The average molecular weight is 593 g/mol. The molecule has 1 aliphatic heterocycles. The molecule has 0 aliphatic carbocycles. The van der Waals surface area contributed by atoms with Crippen LogP contribution in [0.1, 0.15) is 10.4 Å². The molecule has 1 saturated heterocycles. The van der Waals surface area contributed by atoms with Crippen LogP contribution >= 0.6 is 0 Å². The highest BCUT2D eigenvalue weighted by atomic mass is 19.3. The van der Waals surface area contributed by atoms with Crippen molar-refractivity contribution in [3.8, 4) is 28.6 Å². The highest BCUT2D eigenvalue weighted by Crippen LogP contribution is 2.35. The Morgan fingerprint density at radius 3 is 2.19 bits per heavy atom. The molecule has 0 bridgehead atoms. The molecule has 2 aromatic carbocycles. The summed E-state index contributed by atoms with van der Waals surface area (Å²) in [6.07, 6.45) is 0. The lowest BCUT2D eigenvalue weighted by Gasteiger charge is -2.39. The van der Waals surface area contributed by atoms with Gasteiger partial charge in [-0.2, -0.15) is 13.5 Å². The first-order valence-corrected chi connectivity index (χ1v) is 12.2. The van der Waals surface area contributed by atoms with Gasteiger partial charge in [-0.1, -0.05) is 6.07 Å². The second-order valence-corrected chi connectivity index (χ2v) is 9.25. The summed E-state index contributed by atoms with van der Waals surface area (Å²) in [4.78, 5) is 32.4. The fraction of sp³-hybridized carbons (Fsp3) is 0.222. The molecule has 3 heterocycles. The summed E-state index contributed by atoms with van der Waals surface area (Å²) >= 11 is 0. The zero-order valence-corrected chi connectivity index (χ0v) is 21.9. The fourth-order valence-corrected chi connectivity index (χ4v) is 4.51. The zero-order chi connectivity index (χ0) is 30.3. The van der Waals surface area contributed by atoms with Crippen molar-refractivity contribution in [2.45, 2.75) is 12.5 Å². The third-order valence-electron chi connectivity index (χ3n) is 6.44. The Morgan fingerprint density at radius 1 is 1.00 bits per heavy atom. The second kappa shape index (κ2) is 10.8. The number of amides is 1. The minimum Gasteiger partial charge on any atom is -0.497 e. The van der Waals surface area contributed by atoms with Crippen LogP contribution in [0.25, 0.3) is 17.1 Å². The molecule has 9 nitrogen and oxygen atoms in total. The van der Waals surface area contributed by atoms with Gasteiger partial charge in [0.15, 0.2) is 5.82 Å². The van der Waals surface area contributed by atoms with E-state index in [2.05, 4.69) is 15.0 Å². The van der Waals surface area contributed by atoms with Gasteiger partial charge < -0.3 is 19.7 Å². The third-order valence-corrected chi connectivity index (χ3v) is 6.44. The fourth-order valence-electron chi connectivity index (χ4n) is 4.51. The molecular weight excluding hydrogens is 572 g/mol. The summed E-state index contributed by atoms with van der Waals surface area (Å²) in [5.41, 5.74) is -2.64. The zero-order valence-electron chi connectivity index (χ0n) is 21.9. The smallest absolute Gasteiger partial charge is 0.387 e. The second-order valence-electron chi connectivity index (χ2n) is 9.25. The number of hydrogen-bond donors (Lipinski definition) is 1. The lowest BCUT2D eigenvalue weighted by molar-refractivity contribution is -0.0498. The number of methoxy groups -OCH3 is 1. The van der Waals surface area contributed by atoms with Gasteiger partial charge in [0.2, 0.25) is 0 Å². The minimum atomic E-state index is -3.09. The van der Waals surface area contributed by atoms with Crippen molar-refractivity contribution in [1.82, 2.24) is 14.3 Å². The highest BCUT2D eigenvalue weighted by Gasteiger charge is 2.44. The van der Waals surface area contributed by atoms with E-state index in [1.165, 1.54) is 37.3 Å². The van der Waals surface area contributed by atoms with E-state index < -0.39 is 60.0 Å². The van der Waals surface area contributed by atoms with Crippen molar-refractivity contribution < 1.29 is 40.6 Å². The largest absolute Gasteiger partial charge is 0.497 e. The molecule has 1 fully saturated rings. The standard InChI is InChI=1S/C27H21F6N5O4/c1-36-23(21-17(28)10-16(41-2)11-18(21)29)22(35-24(39)14-6-8-15(9-7-14)42-26(30)31)25(40)38(36)20-5-3-4-19(34-20)37-12-27(32,33)13-37/h3-11,26H,12-13H2,1-2H3,(H,35,39). The molecule has 1 amide bonds. The number of halogens is 6. The van der Waals surface area contributed by atoms with Crippen molar-refractivity contribution >= 4 is 17.4 Å². The van der Waals surface area contributed by atoms with Gasteiger partial charge in [0.05, 0.1) is 25.8 Å². The van der Waals surface area contributed by atoms with Crippen molar-refractivity contribution in [3.63, 3.8) is 0 Å². The molecule has 220 valence electrons. The molecule has 2 aromatic heterocycles. The van der Waals surface area contributed by atoms with Gasteiger partial charge in [-0.15, -0.1) is 0 Å². The van der Waals surface area contributed by atoms with E-state index in [-0.39, 0.29) is 34.4 Å². The Balaban J connectivity index is 1.62. The molecule has 42 heavy (non-hydrogen) atoms. The van der Waals surface area contributed by atoms with Crippen LogP contribution in [0.15, 0.2) is 59.4 Å². The molecule has 0 saturated carbocycles. The number of ether oxygens (including phenoxy) is 2. The topological polar surface area (TPSA) is 90.6 Å². The molecular formula is C27H21F6N5O4. The number of carbonyl (C=O) groups excluding carboxylic acids is 1. The average Bonchev–Trinajstić information content (AvgIpc) is 3.15. The van der Waals surface area contributed by atoms with Gasteiger partial charge in [0.25, 0.3) is 17.4 Å². The molecule has 1 aliphatic rings. The molecule has 15 heteroatoms. The van der Waals surface area contributed by atoms with Crippen LogP contribution in [0.2, 0.25) is 0 Å². The van der Waals surface area contributed by atoms with E-state index in [1.54, 1.807) is 0 Å². The van der Waals surface area contributed by atoms with E-state index in [9.17, 15) is 27.2 Å². The number of benzene rings is 2. The van der Waals surface area contributed by atoms with E-state index >= 15 is 8.78 Å². The summed E-state index contributed by atoms with van der Waals surface area (Å²) in [7, 11) is 2.49. The predicted octanol–water partition coefficient (Wildman–Crippen LogP) is 4.83. The number of nitrogens with one attached hydrogen (secondary N) is 1. The van der Waals surface area contributed by atoms with E-state index in [0.29, 0.717) is 0 Å². The van der Waals surface area contributed by atoms with Crippen LogP contribution in [0.3, 0.4) is 0 Å². The van der Waals surface area contributed by atoms with E-state index in [4.69, 9.17) is 4.74 Å². The summed E-state index contributed by atoms with van der Waals surface area (Å²) in [6, 6.07) is 10.6. The minimum absolute atomic E-state index is 0.0835. The van der Waals surface area contributed by atoms with Gasteiger partial charge in [0, 0.05) is 24.7 Å². The van der Waals surface area contributed by atoms with Gasteiger partial charge in [-0.05, 0) is 36.4 Å². The first-order chi connectivity index (χ1) is 19.9. The molecule has 5 rings (SSSR count). The van der Waals surface area contributed by atoms with Crippen molar-refractivity contribution in [2.75, 3.05) is 30.4 Å². The number of anilines is 2. The van der Waals surface area contributed by atoms with Crippen LogP contribution in [-0.4, -0.2) is 53.0 Å². The van der Waals surface area contributed by atoms with Crippen molar-refractivity contribution in [2.24, 2.45) is 7.05 Å². The Hall–Kier alpha value is -4.95. The van der Waals surface area contributed by atoms with Crippen LogP contribution < -0.4 is 25.2 Å². The Morgan fingerprint density at radius 2 is 1.62 bits per heavy atom. The SMILES string of the molecule is COc1cc(F)c(-c2c(NC(=O)c3ccc(OC(F)F)cc3)c(=O)n(-c3cccc(N4CC(F)(F)C4)n3)n2C)c(F)c1. The van der Waals surface area contributed by atoms with Gasteiger partial charge >= 0.3 is 6.61 Å². The van der Waals surface area contributed by atoms with Crippen molar-refractivity contribution in [1.29, 1.82) is 0 Å². The van der Waals surface area contributed by atoms with Crippen LogP contribution in [0.5, 0.6) is 11.5 Å².